The number of carbonyl (C=O) groups is 1. The third-order valence-electron chi connectivity index (χ3n) is 5.57. The molecule has 0 spiro atoms. The standard InChI is InChI=1S/C23H21ClF4N6O/c1-11-19-16(21(25)26)8-17(22(27)28)29-23(19)34(31-11)10-18(35)30-20-12(2)32-33(13(20)3)9-14-4-6-15(24)7-5-14/h4-8,21-22H,9-10H2,1-3H3,(H,30,35). The number of pyridine rings is 1. The van der Waals surface area contributed by atoms with Crippen molar-refractivity contribution in [1.29, 1.82) is 0 Å². The van der Waals surface area contributed by atoms with E-state index in [2.05, 4.69) is 20.5 Å². The lowest BCUT2D eigenvalue weighted by Crippen LogP contribution is -2.20. The molecule has 0 atom stereocenters. The van der Waals surface area contributed by atoms with Crippen LogP contribution in [0.1, 0.15) is 46.8 Å². The number of carbonyl (C=O) groups excluding carboxylic acids is 1. The average molecular weight is 509 g/mol. The highest BCUT2D eigenvalue weighted by Gasteiger charge is 2.24. The van der Waals surface area contributed by atoms with E-state index in [1.807, 2.05) is 12.1 Å². The number of fused-ring (bicyclic) bond motifs is 1. The van der Waals surface area contributed by atoms with Gasteiger partial charge in [0.2, 0.25) is 5.91 Å². The van der Waals surface area contributed by atoms with Crippen LogP contribution in [-0.4, -0.2) is 30.5 Å². The Hall–Kier alpha value is -3.47. The number of anilines is 1. The molecule has 0 aliphatic heterocycles. The van der Waals surface area contributed by atoms with Crippen LogP contribution in [0.15, 0.2) is 30.3 Å². The molecule has 0 radical (unpaired) electrons. The molecule has 7 nitrogen and oxygen atoms in total. The van der Waals surface area contributed by atoms with Crippen molar-refractivity contribution < 1.29 is 22.4 Å². The zero-order valence-electron chi connectivity index (χ0n) is 19.0. The van der Waals surface area contributed by atoms with Crippen molar-refractivity contribution in [2.24, 2.45) is 0 Å². The number of alkyl halides is 4. The minimum atomic E-state index is -3.05. The lowest BCUT2D eigenvalue weighted by atomic mass is 10.1. The second kappa shape index (κ2) is 9.65. The van der Waals surface area contributed by atoms with Crippen LogP contribution in [0.2, 0.25) is 5.02 Å². The minimum Gasteiger partial charge on any atom is -0.321 e. The molecule has 3 aromatic heterocycles. The first-order chi connectivity index (χ1) is 16.5. The number of amides is 1. The normalized spacial score (nSPS) is 11.7. The number of rotatable bonds is 7. The molecule has 184 valence electrons. The van der Waals surface area contributed by atoms with Gasteiger partial charge in [0.25, 0.3) is 12.9 Å². The van der Waals surface area contributed by atoms with Gasteiger partial charge >= 0.3 is 0 Å². The van der Waals surface area contributed by atoms with Crippen LogP contribution in [0, 0.1) is 20.8 Å². The van der Waals surface area contributed by atoms with Crippen LogP contribution < -0.4 is 5.32 Å². The molecule has 0 aliphatic rings. The molecule has 3 heterocycles. The molecular weight excluding hydrogens is 488 g/mol. The molecule has 1 N–H and O–H groups in total. The largest absolute Gasteiger partial charge is 0.321 e. The van der Waals surface area contributed by atoms with Crippen molar-refractivity contribution in [3.05, 3.63) is 69.3 Å². The second-order valence-electron chi connectivity index (χ2n) is 8.06. The van der Waals surface area contributed by atoms with Gasteiger partial charge in [-0.1, -0.05) is 23.7 Å². The van der Waals surface area contributed by atoms with Crippen molar-refractivity contribution >= 4 is 34.2 Å². The molecule has 0 saturated carbocycles. The first-order valence-electron chi connectivity index (χ1n) is 10.6. The Morgan fingerprint density at radius 3 is 2.29 bits per heavy atom. The Morgan fingerprint density at radius 1 is 1.00 bits per heavy atom. The van der Waals surface area contributed by atoms with Gasteiger partial charge in [-0.25, -0.2) is 27.2 Å². The fraction of sp³-hybridized carbons (Fsp3) is 0.304. The number of hydrogen-bond acceptors (Lipinski definition) is 4. The van der Waals surface area contributed by atoms with E-state index in [1.165, 1.54) is 6.92 Å². The summed E-state index contributed by atoms with van der Waals surface area (Å²) in [5.74, 6) is -0.533. The number of nitrogens with one attached hydrogen (secondary N) is 1. The monoisotopic (exact) mass is 508 g/mol. The molecule has 4 rings (SSSR count). The number of benzene rings is 1. The van der Waals surface area contributed by atoms with Crippen molar-refractivity contribution in [2.75, 3.05) is 5.32 Å². The highest BCUT2D eigenvalue weighted by molar-refractivity contribution is 6.30. The van der Waals surface area contributed by atoms with E-state index in [0.717, 1.165) is 10.2 Å². The summed E-state index contributed by atoms with van der Waals surface area (Å²) >= 11 is 5.93. The molecule has 1 aromatic carbocycles. The first kappa shape index (κ1) is 24.6. The van der Waals surface area contributed by atoms with Gasteiger partial charge in [0.1, 0.15) is 12.2 Å². The van der Waals surface area contributed by atoms with Gasteiger partial charge in [0, 0.05) is 10.6 Å². The Balaban J connectivity index is 1.60. The van der Waals surface area contributed by atoms with Gasteiger partial charge in [0.15, 0.2) is 5.65 Å². The van der Waals surface area contributed by atoms with Gasteiger partial charge in [-0.05, 0) is 44.5 Å². The van der Waals surface area contributed by atoms with Gasteiger partial charge in [0.05, 0.1) is 34.7 Å². The maximum Gasteiger partial charge on any atom is 0.280 e. The summed E-state index contributed by atoms with van der Waals surface area (Å²) in [4.78, 5) is 16.6. The highest BCUT2D eigenvalue weighted by atomic mass is 35.5. The SMILES string of the molecule is Cc1nn(Cc2ccc(Cl)cc2)c(C)c1NC(=O)Cn1nc(C)c2c(C(F)F)cc(C(F)F)nc21. The molecule has 1 amide bonds. The van der Waals surface area contributed by atoms with Crippen LogP contribution in [0.4, 0.5) is 23.2 Å². The van der Waals surface area contributed by atoms with E-state index < -0.39 is 36.6 Å². The summed E-state index contributed by atoms with van der Waals surface area (Å²) in [5, 5.41) is 11.9. The molecule has 0 unspecified atom stereocenters. The Bertz CT molecular complexity index is 1400. The number of nitrogens with zero attached hydrogens (tertiary/aromatic N) is 5. The summed E-state index contributed by atoms with van der Waals surface area (Å²) in [6, 6.07) is 7.97. The van der Waals surface area contributed by atoms with Crippen molar-refractivity contribution in [3.63, 3.8) is 0 Å². The fourth-order valence-electron chi connectivity index (χ4n) is 3.91. The molecule has 0 saturated heterocycles. The van der Waals surface area contributed by atoms with E-state index in [1.54, 1.807) is 30.7 Å². The third-order valence-corrected chi connectivity index (χ3v) is 5.82. The number of aromatic nitrogens is 5. The lowest BCUT2D eigenvalue weighted by molar-refractivity contribution is -0.116. The van der Waals surface area contributed by atoms with Crippen molar-refractivity contribution in [1.82, 2.24) is 24.5 Å². The maximum absolute atomic E-state index is 13.5. The predicted octanol–water partition coefficient (Wildman–Crippen LogP) is 5.77. The Kier molecular flexibility index (Phi) is 6.79. The molecule has 12 heteroatoms. The van der Waals surface area contributed by atoms with Crippen molar-refractivity contribution in [3.8, 4) is 0 Å². The number of aryl methyl sites for hydroxylation is 2. The zero-order chi connectivity index (χ0) is 25.4. The molecule has 35 heavy (non-hydrogen) atoms. The van der Waals surface area contributed by atoms with Crippen molar-refractivity contribution in [2.45, 2.75) is 46.7 Å². The van der Waals surface area contributed by atoms with Gasteiger partial charge < -0.3 is 5.32 Å². The summed E-state index contributed by atoms with van der Waals surface area (Å²) in [6.07, 6.45) is -6.05. The smallest absolute Gasteiger partial charge is 0.280 e. The number of hydrogen-bond donors (Lipinski definition) is 1. The molecular formula is C23H21ClF4N6O. The summed E-state index contributed by atoms with van der Waals surface area (Å²) in [5.41, 5.74) is 1.31. The maximum atomic E-state index is 13.5. The average Bonchev–Trinajstić information content (AvgIpc) is 3.25. The highest BCUT2D eigenvalue weighted by Crippen LogP contribution is 2.32. The molecule has 4 aromatic rings. The third kappa shape index (κ3) is 5.00. The van der Waals surface area contributed by atoms with Crippen LogP contribution in [-0.2, 0) is 17.9 Å². The van der Waals surface area contributed by atoms with Crippen LogP contribution >= 0.6 is 11.6 Å². The molecule has 0 fully saturated rings. The second-order valence-corrected chi connectivity index (χ2v) is 8.49. The number of halogens is 5. The van der Waals surface area contributed by atoms with Gasteiger partial charge in [-0.3, -0.25) is 9.48 Å². The van der Waals surface area contributed by atoms with E-state index >= 15 is 0 Å². The van der Waals surface area contributed by atoms with E-state index in [9.17, 15) is 22.4 Å². The van der Waals surface area contributed by atoms with Gasteiger partial charge in [-0.2, -0.15) is 10.2 Å². The van der Waals surface area contributed by atoms with Crippen LogP contribution in [0.3, 0.4) is 0 Å². The lowest BCUT2D eigenvalue weighted by Gasteiger charge is -2.09. The summed E-state index contributed by atoms with van der Waals surface area (Å²) in [7, 11) is 0. The Morgan fingerprint density at radius 2 is 1.66 bits per heavy atom. The van der Waals surface area contributed by atoms with Gasteiger partial charge in [-0.15, -0.1) is 0 Å². The zero-order valence-corrected chi connectivity index (χ0v) is 19.7. The molecule has 0 bridgehead atoms. The van der Waals surface area contributed by atoms with E-state index in [-0.39, 0.29) is 16.7 Å². The quantitative estimate of drug-likeness (QED) is 0.322. The Labute approximate surface area is 202 Å². The topological polar surface area (TPSA) is 77.6 Å². The van der Waals surface area contributed by atoms with Crippen LogP contribution in [0.25, 0.3) is 11.0 Å². The predicted molar refractivity (Wildman–Crippen MR) is 123 cm³/mol. The first-order valence-corrected chi connectivity index (χ1v) is 11.0. The van der Waals surface area contributed by atoms with E-state index in [4.69, 9.17) is 11.6 Å². The fourth-order valence-corrected chi connectivity index (χ4v) is 4.04. The molecule has 0 aliphatic carbocycles. The summed E-state index contributed by atoms with van der Waals surface area (Å²) in [6.45, 7) is 5.04. The van der Waals surface area contributed by atoms with Crippen LogP contribution in [0.5, 0.6) is 0 Å². The minimum absolute atomic E-state index is 0.0413. The van der Waals surface area contributed by atoms with E-state index in [0.29, 0.717) is 34.7 Å². The summed E-state index contributed by atoms with van der Waals surface area (Å²) < 4.78 is 56.4.